The molecule has 5 heteroatoms. The number of hydrogen-bond donors (Lipinski definition) is 1. The summed E-state index contributed by atoms with van der Waals surface area (Å²) in [5.74, 6) is 0. The summed E-state index contributed by atoms with van der Waals surface area (Å²) in [5.41, 5.74) is 0.674. The van der Waals surface area contributed by atoms with Crippen molar-refractivity contribution in [3.8, 4) is 0 Å². The fraction of sp³-hybridized carbons (Fsp3) is 0.700. The average molecular weight is 233 g/mol. The number of aromatic nitrogens is 2. The molecule has 0 aromatic carbocycles. The number of nitrogens with zero attached hydrogens (tertiary/aromatic N) is 2. The highest BCUT2D eigenvalue weighted by Crippen LogP contribution is 2.25. The molecule has 1 unspecified atom stereocenters. The van der Waals surface area contributed by atoms with Gasteiger partial charge in [0.15, 0.2) is 0 Å². The summed E-state index contributed by atoms with van der Waals surface area (Å²) in [4.78, 5) is 0. The largest absolute Gasteiger partial charge is 0.387 e. The Morgan fingerprint density at radius 2 is 2.40 bits per heavy atom. The molecule has 1 rings (SSSR count). The van der Waals surface area contributed by atoms with Gasteiger partial charge in [0.25, 0.3) is 0 Å². The van der Waals surface area contributed by atoms with Crippen molar-refractivity contribution in [1.29, 1.82) is 0 Å². The van der Waals surface area contributed by atoms with Gasteiger partial charge in [-0.05, 0) is 19.8 Å². The van der Waals surface area contributed by atoms with E-state index in [-0.39, 0.29) is 0 Å². The van der Waals surface area contributed by atoms with E-state index in [0.717, 1.165) is 6.42 Å². The lowest BCUT2D eigenvalue weighted by molar-refractivity contribution is 0.111. The first-order valence-electron chi connectivity index (χ1n) is 5.10. The molecule has 0 radical (unpaired) electrons. The lowest BCUT2D eigenvalue weighted by Crippen LogP contribution is -2.07. The molecule has 0 amide bonds. The van der Waals surface area contributed by atoms with Crippen LogP contribution in [-0.4, -0.2) is 28.1 Å². The predicted molar refractivity (Wildman–Crippen MR) is 58.9 cm³/mol. The van der Waals surface area contributed by atoms with Crippen molar-refractivity contribution in [2.24, 2.45) is 7.05 Å². The quantitative estimate of drug-likeness (QED) is 0.763. The molecule has 1 atom stereocenters. The number of rotatable bonds is 6. The first kappa shape index (κ1) is 12.5. The third-order valence-corrected chi connectivity index (χ3v) is 2.51. The minimum Gasteiger partial charge on any atom is -0.387 e. The van der Waals surface area contributed by atoms with Gasteiger partial charge < -0.3 is 9.84 Å². The van der Waals surface area contributed by atoms with Gasteiger partial charge in [-0.15, -0.1) is 0 Å². The highest BCUT2D eigenvalue weighted by molar-refractivity contribution is 6.31. The Hall–Kier alpha value is -0.580. The molecule has 0 aliphatic heterocycles. The number of hydrogen-bond acceptors (Lipinski definition) is 3. The van der Waals surface area contributed by atoms with Crippen LogP contribution in [0, 0.1) is 0 Å². The third-order valence-electron chi connectivity index (χ3n) is 2.22. The molecule has 0 aliphatic rings. The Balaban J connectivity index is 2.43. The standard InChI is InChI=1S/C10H17ClN2O2/c1-3-15-6-4-5-9(14)10-8(11)7-12-13(10)2/h7,9,14H,3-6H2,1-2H3. The van der Waals surface area contributed by atoms with Gasteiger partial charge in [-0.25, -0.2) is 0 Å². The van der Waals surface area contributed by atoms with Gasteiger partial charge in [0.2, 0.25) is 0 Å². The summed E-state index contributed by atoms with van der Waals surface area (Å²) in [6.45, 7) is 3.33. The van der Waals surface area contributed by atoms with Crippen LogP contribution >= 0.6 is 11.6 Å². The van der Waals surface area contributed by atoms with Crippen LogP contribution < -0.4 is 0 Å². The van der Waals surface area contributed by atoms with E-state index in [1.165, 1.54) is 0 Å². The molecule has 0 fully saturated rings. The van der Waals surface area contributed by atoms with E-state index in [9.17, 15) is 5.11 Å². The van der Waals surface area contributed by atoms with Gasteiger partial charge in [0.05, 0.1) is 23.0 Å². The second kappa shape index (κ2) is 6.10. The van der Waals surface area contributed by atoms with Crippen molar-refractivity contribution in [1.82, 2.24) is 9.78 Å². The highest BCUT2D eigenvalue weighted by Gasteiger charge is 2.15. The van der Waals surface area contributed by atoms with E-state index in [4.69, 9.17) is 16.3 Å². The van der Waals surface area contributed by atoms with Crippen molar-refractivity contribution < 1.29 is 9.84 Å². The third kappa shape index (κ3) is 3.48. The maximum atomic E-state index is 9.87. The zero-order valence-electron chi connectivity index (χ0n) is 9.11. The van der Waals surface area contributed by atoms with Crippen molar-refractivity contribution >= 4 is 11.6 Å². The summed E-state index contributed by atoms with van der Waals surface area (Å²) >= 11 is 5.91. The molecule has 0 aliphatic carbocycles. The molecule has 1 aromatic heterocycles. The molecule has 15 heavy (non-hydrogen) atoms. The Morgan fingerprint density at radius 1 is 1.67 bits per heavy atom. The van der Waals surface area contributed by atoms with Crippen LogP contribution in [0.5, 0.6) is 0 Å². The van der Waals surface area contributed by atoms with Gasteiger partial charge in [0.1, 0.15) is 0 Å². The molecule has 1 aromatic rings. The lowest BCUT2D eigenvalue weighted by atomic mass is 10.1. The molecule has 0 bridgehead atoms. The summed E-state index contributed by atoms with van der Waals surface area (Å²) in [7, 11) is 1.77. The molecular weight excluding hydrogens is 216 g/mol. The van der Waals surface area contributed by atoms with E-state index >= 15 is 0 Å². The van der Waals surface area contributed by atoms with Crippen LogP contribution in [0.2, 0.25) is 5.02 Å². The maximum Gasteiger partial charge on any atom is 0.0972 e. The van der Waals surface area contributed by atoms with Crippen molar-refractivity contribution in [2.45, 2.75) is 25.9 Å². The summed E-state index contributed by atoms with van der Waals surface area (Å²) < 4.78 is 6.80. The van der Waals surface area contributed by atoms with Crippen LogP contribution in [0.15, 0.2) is 6.20 Å². The Labute approximate surface area is 94.8 Å². The number of halogens is 1. The molecule has 86 valence electrons. The van der Waals surface area contributed by atoms with Crippen molar-refractivity contribution in [2.75, 3.05) is 13.2 Å². The molecular formula is C10H17ClN2O2. The van der Waals surface area contributed by atoms with Crippen LogP contribution in [0.25, 0.3) is 0 Å². The maximum absolute atomic E-state index is 9.87. The predicted octanol–water partition coefficient (Wildman–Crippen LogP) is 1.92. The van der Waals surface area contributed by atoms with Gasteiger partial charge in [-0.1, -0.05) is 11.6 Å². The van der Waals surface area contributed by atoms with Crippen molar-refractivity contribution in [3.63, 3.8) is 0 Å². The number of aliphatic hydroxyl groups is 1. The van der Waals surface area contributed by atoms with E-state index in [2.05, 4.69) is 5.10 Å². The Bertz CT molecular complexity index is 282. The SMILES string of the molecule is CCOCCCC(O)c1c(Cl)cnn1C. The zero-order valence-corrected chi connectivity index (χ0v) is 9.87. The molecule has 4 nitrogen and oxygen atoms in total. The fourth-order valence-electron chi connectivity index (χ4n) is 1.45. The van der Waals surface area contributed by atoms with E-state index in [1.807, 2.05) is 6.92 Å². The van der Waals surface area contributed by atoms with Gasteiger partial charge in [0, 0.05) is 20.3 Å². The van der Waals surface area contributed by atoms with E-state index in [0.29, 0.717) is 30.4 Å². The van der Waals surface area contributed by atoms with Crippen LogP contribution in [0.4, 0.5) is 0 Å². The normalized spacial score (nSPS) is 13.1. The monoisotopic (exact) mass is 232 g/mol. The first-order valence-corrected chi connectivity index (χ1v) is 5.47. The number of aliphatic hydroxyl groups excluding tert-OH is 1. The topological polar surface area (TPSA) is 47.3 Å². The molecule has 0 saturated heterocycles. The van der Waals surface area contributed by atoms with Crippen LogP contribution in [0.3, 0.4) is 0 Å². The second-order valence-electron chi connectivity index (χ2n) is 3.36. The molecule has 1 N–H and O–H groups in total. The van der Waals surface area contributed by atoms with Gasteiger partial charge in [-0.3, -0.25) is 4.68 Å². The zero-order chi connectivity index (χ0) is 11.3. The second-order valence-corrected chi connectivity index (χ2v) is 3.76. The van der Waals surface area contributed by atoms with Crippen LogP contribution in [-0.2, 0) is 11.8 Å². The summed E-state index contributed by atoms with van der Waals surface area (Å²) in [5, 5.41) is 14.4. The Kier molecular flexibility index (Phi) is 5.08. The van der Waals surface area contributed by atoms with E-state index in [1.54, 1.807) is 17.9 Å². The summed E-state index contributed by atoms with van der Waals surface area (Å²) in [6.07, 6.45) is 2.43. The minimum absolute atomic E-state index is 0.515. The fourth-order valence-corrected chi connectivity index (χ4v) is 1.75. The first-order chi connectivity index (χ1) is 7.16. The lowest BCUT2D eigenvalue weighted by Gasteiger charge is -2.11. The average Bonchev–Trinajstić information content (AvgIpc) is 2.53. The summed E-state index contributed by atoms with van der Waals surface area (Å²) in [6, 6.07) is 0. The molecule has 1 heterocycles. The number of aryl methyl sites for hydroxylation is 1. The van der Waals surface area contributed by atoms with Crippen molar-refractivity contribution in [3.05, 3.63) is 16.9 Å². The van der Waals surface area contributed by atoms with Gasteiger partial charge >= 0.3 is 0 Å². The smallest absolute Gasteiger partial charge is 0.0972 e. The van der Waals surface area contributed by atoms with E-state index < -0.39 is 6.10 Å². The molecule has 0 saturated carbocycles. The molecule has 0 spiro atoms. The number of ether oxygens (including phenoxy) is 1. The highest BCUT2D eigenvalue weighted by atomic mass is 35.5. The Morgan fingerprint density at radius 3 is 2.93 bits per heavy atom. The minimum atomic E-state index is -0.564. The van der Waals surface area contributed by atoms with Crippen LogP contribution in [0.1, 0.15) is 31.6 Å². The van der Waals surface area contributed by atoms with Gasteiger partial charge in [-0.2, -0.15) is 5.10 Å².